The number of hydrogen-bond donors (Lipinski definition) is 0. The zero-order valence-electron chi connectivity index (χ0n) is 15.9. The van der Waals surface area contributed by atoms with Gasteiger partial charge in [-0.1, -0.05) is 0 Å². The molecule has 1 unspecified atom stereocenters. The molecular formula is C18H20ClF3N4O3. The minimum atomic E-state index is -1.17. The summed E-state index contributed by atoms with van der Waals surface area (Å²) in [6, 6.07) is 0.656. The van der Waals surface area contributed by atoms with Crippen LogP contribution in [0.25, 0.3) is 0 Å². The number of methoxy groups -OCH3 is 2. The molecule has 0 radical (unpaired) electrons. The summed E-state index contributed by atoms with van der Waals surface area (Å²) in [4.78, 5) is 13.2. The number of hydrogen-bond acceptors (Lipinski definition) is 7. The van der Waals surface area contributed by atoms with Crippen LogP contribution < -0.4 is 9.64 Å². The Morgan fingerprint density at radius 2 is 1.93 bits per heavy atom. The molecule has 0 saturated carbocycles. The molecule has 0 spiro atoms. The van der Waals surface area contributed by atoms with Gasteiger partial charge < -0.3 is 19.1 Å². The number of nitrogens with zero attached hydrogens (tertiary/aromatic N) is 4. The van der Waals surface area contributed by atoms with Gasteiger partial charge in [0.15, 0.2) is 17.7 Å². The fourth-order valence-electron chi connectivity index (χ4n) is 3.10. The number of pyridine rings is 1. The SMILES string of the molecule is COCC(Oc1nc(Cl)nc(N2CCC(OC)CC2)c1F)c1ncc(F)cc1F. The Bertz CT molecular complexity index is 853. The summed E-state index contributed by atoms with van der Waals surface area (Å²) in [5.41, 5.74) is -0.246. The second-order valence-corrected chi connectivity index (χ2v) is 6.78. The smallest absolute Gasteiger partial charge is 0.257 e. The number of anilines is 1. The summed E-state index contributed by atoms with van der Waals surface area (Å²) < 4.78 is 58.3. The molecule has 1 fully saturated rings. The molecule has 29 heavy (non-hydrogen) atoms. The topological polar surface area (TPSA) is 69.6 Å². The lowest BCUT2D eigenvalue weighted by atomic mass is 10.1. The number of ether oxygens (including phenoxy) is 3. The van der Waals surface area contributed by atoms with Crippen LogP contribution in [0.3, 0.4) is 0 Å². The predicted octanol–water partition coefficient (Wildman–Crippen LogP) is 3.32. The van der Waals surface area contributed by atoms with Gasteiger partial charge in [-0.25, -0.2) is 8.78 Å². The third-order valence-corrected chi connectivity index (χ3v) is 4.73. The number of halogens is 4. The lowest BCUT2D eigenvalue weighted by Crippen LogP contribution is -2.37. The van der Waals surface area contributed by atoms with Gasteiger partial charge in [-0.2, -0.15) is 14.4 Å². The van der Waals surface area contributed by atoms with Crippen LogP contribution in [0, 0.1) is 17.5 Å². The quantitative estimate of drug-likeness (QED) is 0.621. The average Bonchev–Trinajstić information content (AvgIpc) is 2.70. The van der Waals surface area contributed by atoms with Crippen molar-refractivity contribution < 1.29 is 27.4 Å². The van der Waals surface area contributed by atoms with Crippen LogP contribution in [0.2, 0.25) is 5.28 Å². The highest BCUT2D eigenvalue weighted by Crippen LogP contribution is 2.31. The van der Waals surface area contributed by atoms with Crippen molar-refractivity contribution in [2.24, 2.45) is 0 Å². The Kier molecular flexibility index (Phi) is 7.09. The van der Waals surface area contributed by atoms with Gasteiger partial charge in [0.05, 0.1) is 18.9 Å². The summed E-state index contributed by atoms with van der Waals surface area (Å²) in [5, 5.41) is -0.228. The molecule has 1 atom stereocenters. The fraction of sp³-hybridized carbons (Fsp3) is 0.500. The second kappa shape index (κ2) is 9.55. The van der Waals surface area contributed by atoms with Gasteiger partial charge in [-0.3, -0.25) is 4.98 Å². The molecule has 7 nitrogen and oxygen atoms in total. The van der Waals surface area contributed by atoms with Crippen LogP contribution in [0.5, 0.6) is 5.88 Å². The van der Waals surface area contributed by atoms with E-state index in [4.69, 9.17) is 25.8 Å². The molecule has 2 aromatic rings. The van der Waals surface area contributed by atoms with E-state index in [1.165, 1.54) is 7.11 Å². The van der Waals surface area contributed by atoms with Crippen molar-refractivity contribution in [2.75, 3.05) is 38.8 Å². The zero-order valence-corrected chi connectivity index (χ0v) is 16.6. The molecule has 1 aliphatic rings. The highest BCUT2D eigenvalue weighted by molar-refractivity contribution is 6.28. The lowest BCUT2D eigenvalue weighted by molar-refractivity contribution is 0.0692. The van der Waals surface area contributed by atoms with Gasteiger partial charge in [0.25, 0.3) is 5.88 Å². The predicted molar refractivity (Wildman–Crippen MR) is 98.6 cm³/mol. The van der Waals surface area contributed by atoms with Gasteiger partial charge in [0.2, 0.25) is 11.1 Å². The molecule has 11 heteroatoms. The van der Waals surface area contributed by atoms with Crippen LogP contribution in [-0.2, 0) is 9.47 Å². The first-order valence-corrected chi connectivity index (χ1v) is 9.28. The van der Waals surface area contributed by atoms with Crippen LogP contribution in [0.15, 0.2) is 12.3 Å². The van der Waals surface area contributed by atoms with Crippen molar-refractivity contribution in [2.45, 2.75) is 25.0 Å². The molecule has 1 saturated heterocycles. The first-order valence-electron chi connectivity index (χ1n) is 8.90. The Hall–Kier alpha value is -2.17. The molecule has 0 aliphatic carbocycles. The number of piperidine rings is 1. The minimum Gasteiger partial charge on any atom is -0.463 e. The van der Waals surface area contributed by atoms with Crippen molar-refractivity contribution in [3.63, 3.8) is 0 Å². The van der Waals surface area contributed by atoms with Crippen molar-refractivity contribution in [1.29, 1.82) is 0 Å². The largest absolute Gasteiger partial charge is 0.463 e. The molecule has 3 rings (SSSR count). The Morgan fingerprint density at radius 3 is 2.55 bits per heavy atom. The van der Waals surface area contributed by atoms with Crippen molar-refractivity contribution in [1.82, 2.24) is 15.0 Å². The molecule has 3 heterocycles. The van der Waals surface area contributed by atoms with Crippen molar-refractivity contribution >= 4 is 17.4 Å². The van der Waals surface area contributed by atoms with Gasteiger partial charge in [-0.05, 0) is 24.4 Å². The highest BCUT2D eigenvalue weighted by atomic mass is 35.5. The van der Waals surface area contributed by atoms with Gasteiger partial charge >= 0.3 is 0 Å². The lowest BCUT2D eigenvalue weighted by Gasteiger charge is -2.32. The maximum atomic E-state index is 15.1. The summed E-state index contributed by atoms with van der Waals surface area (Å²) >= 11 is 5.96. The summed E-state index contributed by atoms with van der Waals surface area (Å²) in [6.07, 6.45) is 1.16. The van der Waals surface area contributed by atoms with Crippen LogP contribution in [-0.4, -0.2) is 55.0 Å². The monoisotopic (exact) mass is 432 g/mol. The van der Waals surface area contributed by atoms with E-state index in [-0.39, 0.29) is 29.5 Å². The maximum Gasteiger partial charge on any atom is 0.257 e. The Labute approximate surface area is 170 Å². The summed E-state index contributed by atoms with van der Waals surface area (Å²) in [5.74, 6) is -3.12. The Balaban J connectivity index is 1.88. The summed E-state index contributed by atoms with van der Waals surface area (Å²) in [7, 11) is 2.99. The fourth-order valence-corrected chi connectivity index (χ4v) is 3.25. The van der Waals surface area contributed by atoms with E-state index < -0.39 is 29.4 Å². The van der Waals surface area contributed by atoms with Gasteiger partial charge in [-0.15, -0.1) is 0 Å². The third-order valence-electron chi connectivity index (χ3n) is 4.56. The zero-order chi connectivity index (χ0) is 21.0. The number of rotatable bonds is 7. The maximum absolute atomic E-state index is 15.1. The van der Waals surface area contributed by atoms with Crippen LogP contribution in [0.1, 0.15) is 24.6 Å². The third kappa shape index (κ3) is 5.06. The average molecular weight is 433 g/mol. The second-order valence-electron chi connectivity index (χ2n) is 6.44. The number of aromatic nitrogens is 3. The minimum absolute atomic E-state index is 0.0155. The summed E-state index contributed by atoms with van der Waals surface area (Å²) in [6.45, 7) is 0.848. The molecular weight excluding hydrogens is 413 g/mol. The first kappa shape index (κ1) is 21.5. The molecule has 0 aromatic carbocycles. The Morgan fingerprint density at radius 1 is 1.21 bits per heavy atom. The standard InChI is InChI=1S/C18H20ClF3N4O3/c1-27-9-13(15-12(21)7-10(20)8-23-15)29-17-14(22)16(24-18(19)25-17)26-5-3-11(28-2)4-6-26/h7-8,11,13H,3-6,9H2,1-2H3. The molecule has 0 amide bonds. The molecule has 0 N–H and O–H groups in total. The van der Waals surface area contributed by atoms with E-state index in [0.29, 0.717) is 32.0 Å². The van der Waals surface area contributed by atoms with E-state index in [1.54, 1.807) is 12.0 Å². The van der Waals surface area contributed by atoms with E-state index in [0.717, 1.165) is 6.20 Å². The molecule has 2 aromatic heterocycles. The van der Waals surface area contributed by atoms with Gasteiger partial charge in [0, 0.05) is 33.4 Å². The van der Waals surface area contributed by atoms with Crippen molar-refractivity contribution in [3.05, 3.63) is 40.7 Å². The first-order chi connectivity index (χ1) is 13.9. The molecule has 158 valence electrons. The van der Waals surface area contributed by atoms with E-state index in [2.05, 4.69) is 15.0 Å². The van der Waals surface area contributed by atoms with Gasteiger partial charge in [0.1, 0.15) is 11.5 Å². The van der Waals surface area contributed by atoms with E-state index >= 15 is 4.39 Å². The molecule has 0 bridgehead atoms. The highest BCUT2D eigenvalue weighted by Gasteiger charge is 2.28. The molecule has 1 aliphatic heterocycles. The normalized spacial score (nSPS) is 16.1. The van der Waals surface area contributed by atoms with E-state index in [1.807, 2.05) is 0 Å². The van der Waals surface area contributed by atoms with Crippen molar-refractivity contribution in [3.8, 4) is 5.88 Å². The van der Waals surface area contributed by atoms with Crippen LogP contribution >= 0.6 is 11.6 Å². The van der Waals surface area contributed by atoms with E-state index in [9.17, 15) is 8.78 Å². The van der Waals surface area contributed by atoms with Crippen LogP contribution in [0.4, 0.5) is 19.0 Å².